The Morgan fingerprint density at radius 2 is 2.17 bits per heavy atom. The van der Waals surface area contributed by atoms with Crippen LogP contribution in [0.25, 0.3) is 0 Å². The molecule has 0 amide bonds. The summed E-state index contributed by atoms with van der Waals surface area (Å²) in [4.78, 5) is 12.0. The summed E-state index contributed by atoms with van der Waals surface area (Å²) in [5.41, 5.74) is 2.42. The lowest BCUT2D eigenvalue weighted by Gasteiger charge is -2.08. The number of benzene rings is 1. The van der Waals surface area contributed by atoms with Crippen molar-refractivity contribution in [3.63, 3.8) is 0 Å². The van der Waals surface area contributed by atoms with Crippen molar-refractivity contribution >= 4 is 11.5 Å². The van der Waals surface area contributed by atoms with Gasteiger partial charge in [0.05, 0.1) is 12.7 Å². The smallest absolute Gasteiger partial charge is 0.141 e. The highest BCUT2D eigenvalue weighted by atomic mass is 16.3. The fourth-order valence-corrected chi connectivity index (χ4v) is 2.49. The molecule has 1 aromatic carbocycles. The average Bonchev–Trinajstić information content (AvgIpc) is 3.00. The number of hydrogen-bond donors (Lipinski definition) is 1. The minimum atomic E-state index is 0.230. The lowest BCUT2D eigenvalue weighted by Crippen LogP contribution is -2.10. The molecule has 0 bridgehead atoms. The SMILES string of the molecule is O=C(Cc1ccco1)CC1CNc2ccccc21. The Kier molecular flexibility index (Phi) is 2.89. The lowest BCUT2D eigenvalue weighted by molar-refractivity contribution is -0.118. The summed E-state index contributed by atoms with van der Waals surface area (Å²) in [5.74, 6) is 1.27. The second kappa shape index (κ2) is 4.69. The van der Waals surface area contributed by atoms with E-state index < -0.39 is 0 Å². The van der Waals surface area contributed by atoms with Gasteiger partial charge < -0.3 is 9.73 Å². The zero-order valence-electron chi connectivity index (χ0n) is 10.1. The molecule has 0 fully saturated rings. The summed E-state index contributed by atoms with van der Waals surface area (Å²) in [7, 11) is 0. The standard InChI is InChI=1S/C15H15NO2/c17-12(9-13-4-3-7-18-13)8-11-10-16-15-6-2-1-5-14(11)15/h1-7,11,16H,8-10H2. The molecule has 18 heavy (non-hydrogen) atoms. The van der Waals surface area contributed by atoms with Crippen molar-refractivity contribution < 1.29 is 9.21 Å². The molecule has 1 atom stereocenters. The first-order valence-corrected chi connectivity index (χ1v) is 6.20. The fraction of sp³-hybridized carbons (Fsp3) is 0.267. The molecule has 0 spiro atoms. The van der Waals surface area contributed by atoms with Gasteiger partial charge in [0, 0.05) is 24.6 Å². The molecule has 2 aromatic rings. The van der Waals surface area contributed by atoms with Crippen LogP contribution >= 0.6 is 0 Å². The van der Waals surface area contributed by atoms with Gasteiger partial charge in [-0.25, -0.2) is 0 Å². The first kappa shape index (κ1) is 11.1. The maximum atomic E-state index is 12.0. The Morgan fingerprint density at radius 1 is 1.28 bits per heavy atom. The van der Waals surface area contributed by atoms with Gasteiger partial charge in [-0.2, -0.15) is 0 Å². The van der Waals surface area contributed by atoms with E-state index in [0.29, 0.717) is 18.8 Å². The topological polar surface area (TPSA) is 42.2 Å². The molecule has 0 saturated heterocycles. The number of para-hydroxylation sites is 1. The van der Waals surface area contributed by atoms with E-state index in [2.05, 4.69) is 17.4 Å². The van der Waals surface area contributed by atoms with Crippen LogP contribution in [0.15, 0.2) is 47.1 Å². The fourth-order valence-electron chi connectivity index (χ4n) is 2.49. The van der Waals surface area contributed by atoms with Gasteiger partial charge in [-0.15, -0.1) is 0 Å². The molecule has 0 aliphatic carbocycles. The zero-order chi connectivity index (χ0) is 12.4. The lowest BCUT2D eigenvalue weighted by atomic mass is 9.94. The summed E-state index contributed by atoms with van der Waals surface area (Å²) < 4.78 is 5.20. The summed E-state index contributed by atoms with van der Waals surface area (Å²) in [5, 5.41) is 3.34. The molecule has 0 saturated carbocycles. The van der Waals surface area contributed by atoms with E-state index in [0.717, 1.165) is 18.0 Å². The van der Waals surface area contributed by atoms with Crippen molar-refractivity contribution in [2.75, 3.05) is 11.9 Å². The number of fused-ring (bicyclic) bond motifs is 1. The molecular weight excluding hydrogens is 226 g/mol. The van der Waals surface area contributed by atoms with Crippen LogP contribution in [0.5, 0.6) is 0 Å². The van der Waals surface area contributed by atoms with Crippen LogP contribution in [-0.2, 0) is 11.2 Å². The van der Waals surface area contributed by atoms with Crippen LogP contribution in [0.2, 0.25) is 0 Å². The maximum absolute atomic E-state index is 12.0. The second-order valence-corrected chi connectivity index (χ2v) is 4.66. The molecular formula is C15H15NO2. The predicted octanol–water partition coefficient (Wildman–Crippen LogP) is 2.99. The van der Waals surface area contributed by atoms with Crippen molar-refractivity contribution in [1.82, 2.24) is 0 Å². The van der Waals surface area contributed by atoms with E-state index in [1.165, 1.54) is 5.56 Å². The molecule has 3 rings (SSSR count). The number of anilines is 1. The molecule has 3 nitrogen and oxygen atoms in total. The van der Waals surface area contributed by atoms with Crippen molar-refractivity contribution in [2.45, 2.75) is 18.8 Å². The van der Waals surface area contributed by atoms with Gasteiger partial charge in [0.15, 0.2) is 0 Å². The number of carbonyl (C=O) groups is 1. The highest BCUT2D eigenvalue weighted by Crippen LogP contribution is 2.33. The number of ketones is 1. The van der Waals surface area contributed by atoms with Crippen LogP contribution in [0.1, 0.15) is 23.7 Å². The highest BCUT2D eigenvalue weighted by molar-refractivity contribution is 5.82. The largest absolute Gasteiger partial charge is 0.469 e. The molecule has 3 heteroatoms. The third-order valence-electron chi connectivity index (χ3n) is 3.37. The summed E-state index contributed by atoms with van der Waals surface area (Å²) in [6, 6.07) is 11.9. The van der Waals surface area contributed by atoms with Gasteiger partial charge >= 0.3 is 0 Å². The Bertz CT molecular complexity index is 545. The molecule has 1 unspecified atom stereocenters. The van der Waals surface area contributed by atoms with Crippen molar-refractivity contribution in [3.8, 4) is 0 Å². The number of rotatable bonds is 4. The van der Waals surface area contributed by atoms with Gasteiger partial charge in [-0.05, 0) is 23.8 Å². The highest BCUT2D eigenvalue weighted by Gasteiger charge is 2.24. The van der Waals surface area contributed by atoms with Gasteiger partial charge in [0.2, 0.25) is 0 Å². The van der Waals surface area contributed by atoms with Gasteiger partial charge in [0.25, 0.3) is 0 Å². The monoisotopic (exact) mass is 241 g/mol. The molecule has 92 valence electrons. The minimum absolute atomic E-state index is 0.230. The normalized spacial score (nSPS) is 17.2. The van der Waals surface area contributed by atoms with Gasteiger partial charge in [-0.3, -0.25) is 4.79 Å². The Morgan fingerprint density at radius 3 is 3.00 bits per heavy atom. The van der Waals surface area contributed by atoms with E-state index in [-0.39, 0.29) is 5.78 Å². The molecule has 1 aliphatic heterocycles. The number of nitrogens with one attached hydrogen (secondary N) is 1. The van der Waals surface area contributed by atoms with Crippen molar-refractivity contribution in [2.24, 2.45) is 0 Å². The van der Waals surface area contributed by atoms with E-state index in [9.17, 15) is 4.79 Å². The number of hydrogen-bond acceptors (Lipinski definition) is 3. The zero-order valence-corrected chi connectivity index (χ0v) is 10.1. The van der Waals surface area contributed by atoms with Crippen molar-refractivity contribution in [1.29, 1.82) is 0 Å². The third-order valence-corrected chi connectivity index (χ3v) is 3.37. The molecule has 0 radical (unpaired) electrons. The van der Waals surface area contributed by atoms with Crippen LogP contribution < -0.4 is 5.32 Å². The van der Waals surface area contributed by atoms with Crippen molar-refractivity contribution in [3.05, 3.63) is 54.0 Å². The van der Waals surface area contributed by atoms with E-state index in [1.807, 2.05) is 24.3 Å². The average molecular weight is 241 g/mol. The predicted molar refractivity (Wildman–Crippen MR) is 69.7 cm³/mol. The number of furan rings is 1. The number of Topliss-reactive ketones (excluding diaryl/α,β-unsaturated/α-hetero) is 1. The summed E-state index contributed by atoms with van der Waals surface area (Å²) >= 11 is 0. The quantitative estimate of drug-likeness (QED) is 0.894. The van der Waals surface area contributed by atoms with Crippen LogP contribution in [-0.4, -0.2) is 12.3 Å². The molecule has 1 aliphatic rings. The van der Waals surface area contributed by atoms with Crippen LogP contribution in [0, 0.1) is 0 Å². The third kappa shape index (κ3) is 2.16. The summed E-state index contributed by atoms with van der Waals surface area (Å²) in [6.07, 6.45) is 2.57. The van der Waals surface area contributed by atoms with Gasteiger partial charge in [0.1, 0.15) is 11.5 Å². The van der Waals surface area contributed by atoms with E-state index >= 15 is 0 Å². The first-order valence-electron chi connectivity index (χ1n) is 6.20. The Labute approximate surface area is 106 Å². The summed E-state index contributed by atoms with van der Waals surface area (Å²) in [6.45, 7) is 0.850. The Hall–Kier alpha value is -2.03. The van der Waals surface area contributed by atoms with E-state index in [4.69, 9.17) is 4.42 Å². The maximum Gasteiger partial charge on any atom is 0.141 e. The minimum Gasteiger partial charge on any atom is -0.469 e. The number of carbonyl (C=O) groups excluding carboxylic acids is 1. The molecule has 1 aromatic heterocycles. The Balaban J connectivity index is 1.66. The van der Waals surface area contributed by atoms with Gasteiger partial charge in [-0.1, -0.05) is 18.2 Å². The van der Waals surface area contributed by atoms with Crippen LogP contribution in [0.3, 0.4) is 0 Å². The van der Waals surface area contributed by atoms with E-state index in [1.54, 1.807) is 6.26 Å². The second-order valence-electron chi connectivity index (χ2n) is 4.66. The molecule has 2 heterocycles. The first-order chi connectivity index (χ1) is 8.83. The van der Waals surface area contributed by atoms with Crippen LogP contribution in [0.4, 0.5) is 5.69 Å². The molecule has 1 N–H and O–H groups in total.